The summed E-state index contributed by atoms with van der Waals surface area (Å²) in [5.74, 6) is 0. The van der Waals surface area contributed by atoms with Gasteiger partial charge in [0.25, 0.3) is 0 Å². The van der Waals surface area contributed by atoms with Crippen molar-refractivity contribution in [2.24, 2.45) is 0 Å². The second-order valence-electron chi connectivity index (χ2n) is 9.17. The Morgan fingerprint density at radius 2 is 0.968 bits per heavy atom. The topological polar surface area (TPSA) is 9.23 Å². The highest BCUT2D eigenvalue weighted by atomic mass is 16.5. The Balaban J connectivity index is 1.42. The molecule has 0 heterocycles. The number of hydrogen-bond donors (Lipinski definition) is 0. The van der Waals surface area contributed by atoms with Crippen molar-refractivity contribution in [2.45, 2.75) is 105 Å². The molecule has 0 amide bonds. The van der Waals surface area contributed by atoms with E-state index in [1.807, 2.05) is 0 Å². The normalized spacial score (nSPS) is 11.2. The SMILES string of the molecule is CCc1ccc(C)c(CCCCCCOCCCCCCc2cc(CC)ccc2C)c1. The zero-order chi connectivity index (χ0) is 22.3. The summed E-state index contributed by atoms with van der Waals surface area (Å²) >= 11 is 0. The third kappa shape index (κ3) is 10.0. The van der Waals surface area contributed by atoms with Gasteiger partial charge >= 0.3 is 0 Å². The fourth-order valence-corrected chi connectivity index (χ4v) is 4.28. The molecule has 0 radical (unpaired) electrons. The summed E-state index contributed by atoms with van der Waals surface area (Å²) in [6, 6.07) is 13.9. The highest BCUT2D eigenvalue weighted by Gasteiger charge is 2.02. The molecule has 0 atom stereocenters. The molecule has 2 aromatic carbocycles. The van der Waals surface area contributed by atoms with Gasteiger partial charge in [-0.05, 0) is 98.6 Å². The van der Waals surface area contributed by atoms with Crippen molar-refractivity contribution in [1.82, 2.24) is 0 Å². The van der Waals surface area contributed by atoms with E-state index in [4.69, 9.17) is 4.74 Å². The number of ether oxygens (including phenoxy) is 1. The number of rotatable bonds is 16. The highest BCUT2D eigenvalue weighted by Crippen LogP contribution is 2.17. The standard InChI is InChI=1S/C30H46O/c1-5-27-19-17-25(3)29(23-27)15-11-7-9-13-21-31-22-14-10-8-12-16-30-24-28(6-2)20-18-26(30)4/h17-20,23-24H,5-16,21-22H2,1-4H3. The number of hydrogen-bond acceptors (Lipinski definition) is 1. The van der Waals surface area contributed by atoms with E-state index >= 15 is 0 Å². The van der Waals surface area contributed by atoms with Gasteiger partial charge in [-0.15, -0.1) is 0 Å². The minimum Gasteiger partial charge on any atom is -0.381 e. The molecule has 1 nitrogen and oxygen atoms in total. The molecule has 1 heteroatoms. The fourth-order valence-electron chi connectivity index (χ4n) is 4.28. The van der Waals surface area contributed by atoms with Crippen LogP contribution in [0.5, 0.6) is 0 Å². The molecule has 172 valence electrons. The van der Waals surface area contributed by atoms with Crippen molar-refractivity contribution in [1.29, 1.82) is 0 Å². The Morgan fingerprint density at radius 3 is 1.39 bits per heavy atom. The van der Waals surface area contributed by atoms with E-state index in [1.54, 1.807) is 11.1 Å². The molecule has 0 bridgehead atoms. The van der Waals surface area contributed by atoms with Gasteiger partial charge in [0.05, 0.1) is 0 Å². The Labute approximate surface area is 192 Å². The van der Waals surface area contributed by atoms with Crippen molar-refractivity contribution in [3.05, 3.63) is 69.8 Å². The quantitative estimate of drug-likeness (QED) is 0.247. The predicted molar refractivity (Wildman–Crippen MR) is 136 cm³/mol. The molecule has 0 aliphatic carbocycles. The Kier molecular flexibility index (Phi) is 12.6. The molecule has 0 unspecified atom stereocenters. The summed E-state index contributed by atoms with van der Waals surface area (Å²) in [5.41, 5.74) is 8.92. The molecule has 0 aliphatic rings. The third-order valence-corrected chi connectivity index (χ3v) is 6.61. The van der Waals surface area contributed by atoms with Gasteiger partial charge < -0.3 is 4.74 Å². The van der Waals surface area contributed by atoms with Gasteiger partial charge in [0.2, 0.25) is 0 Å². The fraction of sp³-hybridized carbons (Fsp3) is 0.600. The molecule has 0 spiro atoms. The smallest absolute Gasteiger partial charge is 0.0466 e. The van der Waals surface area contributed by atoms with Gasteiger partial charge in [-0.1, -0.05) is 75.9 Å². The second-order valence-corrected chi connectivity index (χ2v) is 9.17. The van der Waals surface area contributed by atoms with E-state index < -0.39 is 0 Å². The van der Waals surface area contributed by atoms with E-state index in [0.29, 0.717) is 0 Å². The van der Waals surface area contributed by atoms with Gasteiger partial charge in [0.15, 0.2) is 0 Å². The number of benzene rings is 2. The average molecular weight is 423 g/mol. The van der Waals surface area contributed by atoms with Crippen LogP contribution in [0.1, 0.15) is 98.6 Å². The molecule has 0 aromatic heterocycles. The lowest BCUT2D eigenvalue weighted by atomic mass is 9.98. The van der Waals surface area contributed by atoms with Crippen LogP contribution in [0.15, 0.2) is 36.4 Å². The first kappa shape index (κ1) is 25.7. The summed E-state index contributed by atoms with van der Waals surface area (Å²) in [5, 5.41) is 0. The van der Waals surface area contributed by atoms with Crippen LogP contribution < -0.4 is 0 Å². The molecule has 2 rings (SSSR count). The van der Waals surface area contributed by atoms with Crippen molar-refractivity contribution >= 4 is 0 Å². The van der Waals surface area contributed by atoms with Crippen LogP contribution >= 0.6 is 0 Å². The third-order valence-electron chi connectivity index (χ3n) is 6.61. The Morgan fingerprint density at radius 1 is 0.548 bits per heavy atom. The highest BCUT2D eigenvalue weighted by molar-refractivity contribution is 5.32. The largest absolute Gasteiger partial charge is 0.381 e. The van der Waals surface area contributed by atoms with Crippen LogP contribution in [0.3, 0.4) is 0 Å². The van der Waals surface area contributed by atoms with Crippen molar-refractivity contribution in [3.8, 4) is 0 Å². The molecular formula is C30H46O. The Hall–Kier alpha value is -1.60. The first-order valence-electron chi connectivity index (χ1n) is 12.9. The van der Waals surface area contributed by atoms with E-state index in [1.165, 1.54) is 86.5 Å². The van der Waals surface area contributed by atoms with Crippen LogP contribution in [0, 0.1) is 13.8 Å². The molecule has 0 N–H and O–H groups in total. The summed E-state index contributed by atoms with van der Waals surface area (Å²) in [6.45, 7) is 10.8. The van der Waals surface area contributed by atoms with Crippen molar-refractivity contribution in [2.75, 3.05) is 13.2 Å². The van der Waals surface area contributed by atoms with Crippen LogP contribution in [0.4, 0.5) is 0 Å². The number of aryl methyl sites for hydroxylation is 6. The predicted octanol–water partition coefficient (Wildman–Crippen LogP) is 8.35. The monoisotopic (exact) mass is 422 g/mol. The minimum atomic E-state index is 0.938. The molecule has 0 aliphatic heterocycles. The lowest BCUT2D eigenvalue weighted by molar-refractivity contribution is 0.125. The average Bonchev–Trinajstić information content (AvgIpc) is 2.79. The summed E-state index contributed by atoms with van der Waals surface area (Å²) < 4.78 is 5.86. The molecule has 0 fully saturated rings. The lowest BCUT2D eigenvalue weighted by Gasteiger charge is -2.09. The van der Waals surface area contributed by atoms with Crippen LogP contribution in [0.2, 0.25) is 0 Å². The van der Waals surface area contributed by atoms with Crippen molar-refractivity contribution < 1.29 is 4.74 Å². The zero-order valence-electron chi connectivity index (χ0n) is 20.8. The van der Waals surface area contributed by atoms with Gasteiger partial charge in [-0.25, -0.2) is 0 Å². The molecule has 31 heavy (non-hydrogen) atoms. The molecule has 0 saturated carbocycles. The summed E-state index contributed by atoms with van der Waals surface area (Å²) in [7, 11) is 0. The van der Waals surface area contributed by atoms with E-state index in [9.17, 15) is 0 Å². The van der Waals surface area contributed by atoms with Crippen LogP contribution in [-0.2, 0) is 30.4 Å². The first-order valence-corrected chi connectivity index (χ1v) is 12.9. The maximum atomic E-state index is 5.86. The molecule has 0 saturated heterocycles. The van der Waals surface area contributed by atoms with E-state index in [-0.39, 0.29) is 0 Å². The molecular weight excluding hydrogens is 376 g/mol. The minimum absolute atomic E-state index is 0.938. The maximum Gasteiger partial charge on any atom is 0.0466 e. The van der Waals surface area contributed by atoms with E-state index in [0.717, 1.165) is 26.1 Å². The van der Waals surface area contributed by atoms with Crippen molar-refractivity contribution in [3.63, 3.8) is 0 Å². The second kappa shape index (κ2) is 15.2. The van der Waals surface area contributed by atoms with Crippen LogP contribution in [-0.4, -0.2) is 13.2 Å². The van der Waals surface area contributed by atoms with Gasteiger partial charge in [0, 0.05) is 13.2 Å². The lowest BCUT2D eigenvalue weighted by Crippen LogP contribution is -1.98. The zero-order valence-corrected chi connectivity index (χ0v) is 20.8. The van der Waals surface area contributed by atoms with Crippen LogP contribution in [0.25, 0.3) is 0 Å². The molecule has 2 aromatic rings. The number of unbranched alkanes of at least 4 members (excludes halogenated alkanes) is 6. The van der Waals surface area contributed by atoms with Gasteiger partial charge in [-0.3, -0.25) is 0 Å². The summed E-state index contributed by atoms with van der Waals surface area (Å²) in [4.78, 5) is 0. The Bertz CT molecular complexity index is 683. The van der Waals surface area contributed by atoms with Gasteiger partial charge in [0.1, 0.15) is 0 Å². The van der Waals surface area contributed by atoms with Gasteiger partial charge in [-0.2, -0.15) is 0 Å². The maximum absolute atomic E-state index is 5.86. The van der Waals surface area contributed by atoms with E-state index in [2.05, 4.69) is 64.1 Å². The first-order chi connectivity index (χ1) is 15.1. The summed E-state index contributed by atoms with van der Waals surface area (Å²) in [6.07, 6.45) is 15.0.